The maximum Gasteiger partial charge on any atom is 0.159 e. The summed E-state index contributed by atoms with van der Waals surface area (Å²) in [5, 5.41) is 20.5. The maximum atomic E-state index is 12.2. The summed E-state index contributed by atoms with van der Waals surface area (Å²) in [6.45, 7) is 3.77. The van der Waals surface area contributed by atoms with Gasteiger partial charge in [-0.2, -0.15) is 10.5 Å². The molecule has 0 N–H and O–H groups in total. The van der Waals surface area contributed by atoms with Gasteiger partial charge < -0.3 is 0 Å². The number of ketones is 1. The van der Waals surface area contributed by atoms with Gasteiger partial charge in [-0.1, -0.05) is 26.0 Å². The average molecular weight is 309 g/mol. The molecule has 0 aliphatic heterocycles. The molecule has 0 amide bonds. The quantitative estimate of drug-likeness (QED) is 0.839. The van der Waals surface area contributed by atoms with Gasteiger partial charge in [0.2, 0.25) is 0 Å². The van der Waals surface area contributed by atoms with Crippen molar-refractivity contribution >= 4 is 17.1 Å². The van der Waals surface area contributed by atoms with Crippen LogP contribution in [-0.2, 0) is 4.79 Å². The molecule has 0 radical (unpaired) electrons. The second kappa shape index (κ2) is 6.98. The molecule has 0 aliphatic rings. The Hall–Kier alpha value is -2.50. The molecule has 0 unspecified atom stereocenters. The van der Waals surface area contributed by atoms with Crippen LogP contribution in [0.25, 0.3) is 11.3 Å². The van der Waals surface area contributed by atoms with Gasteiger partial charge in [-0.25, -0.2) is 4.98 Å². The van der Waals surface area contributed by atoms with Crippen molar-refractivity contribution in [3.05, 3.63) is 40.2 Å². The Morgan fingerprint density at radius 3 is 2.55 bits per heavy atom. The maximum absolute atomic E-state index is 12.2. The monoisotopic (exact) mass is 309 g/mol. The highest BCUT2D eigenvalue weighted by Crippen LogP contribution is 2.29. The minimum absolute atomic E-state index is 0.0780. The zero-order valence-corrected chi connectivity index (χ0v) is 13.2. The van der Waals surface area contributed by atoms with Crippen LogP contribution in [0.4, 0.5) is 0 Å². The van der Waals surface area contributed by atoms with E-state index in [9.17, 15) is 10.1 Å². The Kier molecular flexibility index (Phi) is 5.04. The fourth-order valence-electron chi connectivity index (χ4n) is 1.99. The minimum Gasteiger partial charge on any atom is -0.297 e. The molecule has 4 nitrogen and oxygen atoms in total. The lowest BCUT2D eigenvalue weighted by molar-refractivity contribution is -0.122. The third-order valence-corrected chi connectivity index (χ3v) is 4.50. The number of nitrogens with zero attached hydrogens (tertiary/aromatic N) is 3. The number of aromatic nitrogens is 1. The van der Waals surface area contributed by atoms with E-state index in [2.05, 4.69) is 17.1 Å². The third-order valence-electron chi connectivity index (χ3n) is 3.59. The predicted molar refractivity (Wildman–Crippen MR) is 85.1 cm³/mol. The Bertz CT molecular complexity index is 749. The zero-order valence-electron chi connectivity index (χ0n) is 12.4. The van der Waals surface area contributed by atoms with Gasteiger partial charge in [0.15, 0.2) is 11.7 Å². The summed E-state index contributed by atoms with van der Waals surface area (Å²) in [7, 11) is 0. The smallest absolute Gasteiger partial charge is 0.159 e. The average Bonchev–Trinajstić information content (AvgIpc) is 3.04. The van der Waals surface area contributed by atoms with Gasteiger partial charge in [-0.05, 0) is 18.6 Å². The second-order valence-electron chi connectivity index (χ2n) is 5.03. The molecule has 1 heterocycles. The molecule has 0 saturated heterocycles. The fraction of sp³-hybridized carbons (Fsp3) is 0.294. The summed E-state index contributed by atoms with van der Waals surface area (Å²) in [6.07, 6.45) is 0.713. The number of hydrogen-bond acceptors (Lipinski definition) is 5. The van der Waals surface area contributed by atoms with Crippen molar-refractivity contribution in [2.45, 2.75) is 26.2 Å². The molecule has 1 aromatic heterocycles. The molecule has 1 aromatic carbocycles. The number of hydrogen-bond donors (Lipinski definition) is 0. The highest BCUT2D eigenvalue weighted by atomic mass is 32.1. The summed E-state index contributed by atoms with van der Waals surface area (Å²) < 4.78 is 0. The molecule has 0 aliphatic carbocycles. The topological polar surface area (TPSA) is 77.5 Å². The van der Waals surface area contributed by atoms with Crippen LogP contribution in [0.1, 0.15) is 36.8 Å². The molecule has 0 bridgehead atoms. The van der Waals surface area contributed by atoms with Crippen molar-refractivity contribution in [1.29, 1.82) is 10.5 Å². The molecule has 0 saturated carbocycles. The van der Waals surface area contributed by atoms with Gasteiger partial charge in [0.25, 0.3) is 0 Å². The Balaban J connectivity index is 2.28. The summed E-state index contributed by atoms with van der Waals surface area (Å²) in [6, 6.07) is 11.2. The number of carbonyl (C=O) groups is 1. The number of benzene rings is 1. The number of thiazole rings is 1. The fourth-order valence-corrected chi connectivity index (χ4v) is 2.87. The Morgan fingerprint density at radius 2 is 2.00 bits per heavy atom. The lowest BCUT2D eigenvalue weighted by Gasteiger charge is -2.10. The van der Waals surface area contributed by atoms with Gasteiger partial charge in [0.1, 0.15) is 5.01 Å². The number of carbonyl (C=O) groups excluding carboxylic acids is 1. The van der Waals surface area contributed by atoms with Crippen LogP contribution in [0, 0.1) is 28.6 Å². The van der Waals surface area contributed by atoms with Crippen molar-refractivity contribution in [2.75, 3.05) is 0 Å². The summed E-state index contributed by atoms with van der Waals surface area (Å²) >= 11 is 1.32. The third kappa shape index (κ3) is 3.21. The minimum atomic E-state index is -0.799. The van der Waals surface area contributed by atoms with Gasteiger partial charge in [0.05, 0.1) is 23.4 Å². The van der Waals surface area contributed by atoms with E-state index in [1.54, 1.807) is 12.1 Å². The second-order valence-corrected chi connectivity index (χ2v) is 5.92. The van der Waals surface area contributed by atoms with Gasteiger partial charge in [-0.15, -0.1) is 11.3 Å². The molecular weight excluding hydrogens is 294 g/mol. The lowest BCUT2D eigenvalue weighted by atomic mass is 9.93. The molecular formula is C17H15N3OS. The van der Waals surface area contributed by atoms with E-state index < -0.39 is 5.92 Å². The SMILES string of the molecule is CC[C@H](C)C(=O)[C@@H](C#N)c1nc(-c2ccc(C#N)cc2)cs1. The summed E-state index contributed by atoms with van der Waals surface area (Å²) in [5.41, 5.74) is 2.18. The van der Waals surface area contributed by atoms with Crippen LogP contribution in [0.2, 0.25) is 0 Å². The van der Waals surface area contributed by atoms with Crippen molar-refractivity contribution in [3.8, 4) is 23.4 Å². The number of rotatable bonds is 5. The van der Waals surface area contributed by atoms with Crippen LogP contribution in [0.15, 0.2) is 29.6 Å². The van der Waals surface area contributed by atoms with E-state index in [1.807, 2.05) is 31.4 Å². The first-order chi connectivity index (χ1) is 10.6. The molecule has 2 rings (SSSR count). The van der Waals surface area contributed by atoms with E-state index >= 15 is 0 Å². The van der Waals surface area contributed by atoms with Gasteiger partial charge in [0, 0.05) is 16.9 Å². The highest BCUT2D eigenvalue weighted by Gasteiger charge is 2.27. The summed E-state index contributed by atoms with van der Waals surface area (Å²) in [4.78, 5) is 16.7. The van der Waals surface area contributed by atoms with Crippen molar-refractivity contribution in [1.82, 2.24) is 4.98 Å². The molecule has 5 heteroatoms. The molecule has 0 fully saturated rings. The predicted octanol–water partition coefficient (Wildman–Crippen LogP) is 3.90. The van der Waals surface area contributed by atoms with E-state index in [4.69, 9.17) is 5.26 Å². The van der Waals surface area contributed by atoms with Crippen molar-refractivity contribution in [3.63, 3.8) is 0 Å². The van der Waals surface area contributed by atoms with Gasteiger partial charge in [-0.3, -0.25) is 4.79 Å². The van der Waals surface area contributed by atoms with E-state index in [0.717, 1.165) is 11.3 Å². The molecule has 110 valence electrons. The first-order valence-electron chi connectivity index (χ1n) is 7.00. The van der Waals surface area contributed by atoms with E-state index in [0.29, 0.717) is 17.0 Å². The summed E-state index contributed by atoms with van der Waals surface area (Å²) in [5.74, 6) is -1.02. The van der Waals surface area contributed by atoms with Crippen LogP contribution in [-0.4, -0.2) is 10.8 Å². The first kappa shape index (κ1) is 15.9. The van der Waals surface area contributed by atoms with Crippen molar-refractivity contribution < 1.29 is 4.79 Å². The molecule has 0 spiro atoms. The Morgan fingerprint density at radius 1 is 1.32 bits per heavy atom. The van der Waals surface area contributed by atoms with Crippen LogP contribution in [0.5, 0.6) is 0 Å². The largest absolute Gasteiger partial charge is 0.297 e. The van der Waals surface area contributed by atoms with Crippen LogP contribution in [0.3, 0.4) is 0 Å². The number of nitriles is 2. The normalized spacial score (nSPS) is 12.9. The molecule has 22 heavy (non-hydrogen) atoms. The van der Waals surface area contributed by atoms with E-state index in [1.165, 1.54) is 11.3 Å². The lowest BCUT2D eigenvalue weighted by Crippen LogP contribution is -2.18. The number of Topliss-reactive ketones (excluding diaryl/α,β-unsaturated/α-hetero) is 1. The highest BCUT2D eigenvalue weighted by molar-refractivity contribution is 7.10. The Labute approximate surface area is 133 Å². The van der Waals surface area contributed by atoms with E-state index in [-0.39, 0.29) is 11.7 Å². The van der Waals surface area contributed by atoms with Crippen LogP contribution >= 0.6 is 11.3 Å². The molecule has 2 aromatic rings. The van der Waals surface area contributed by atoms with Gasteiger partial charge >= 0.3 is 0 Å². The first-order valence-corrected chi connectivity index (χ1v) is 7.88. The zero-order chi connectivity index (χ0) is 16.1. The molecule has 2 atom stereocenters. The van der Waals surface area contributed by atoms with Crippen LogP contribution < -0.4 is 0 Å². The standard InChI is InChI=1S/C17H15N3OS/c1-3-11(2)16(21)14(9-19)17-20-15(10-22-17)13-6-4-12(8-18)5-7-13/h4-7,10-11,14H,3H2,1-2H3/t11-,14+/m0/s1. The van der Waals surface area contributed by atoms with Crippen molar-refractivity contribution in [2.24, 2.45) is 5.92 Å².